The van der Waals surface area contributed by atoms with E-state index < -0.39 is 18.0 Å². The molecule has 13 heavy (non-hydrogen) atoms. The molecule has 0 saturated carbocycles. The van der Waals surface area contributed by atoms with Gasteiger partial charge in [-0.05, 0) is 5.92 Å². The van der Waals surface area contributed by atoms with Crippen molar-refractivity contribution in [2.45, 2.75) is 33.2 Å². The minimum absolute atomic E-state index is 0.0208. The first kappa shape index (κ1) is 14.4. The summed E-state index contributed by atoms with van der Waals surface area (Å²) in [7, 11) is 0. The van der Waals surface area contributed by atoms with Crippen LogP contribution in [0, 0.1) is 5.92 Å². The summed E-state index contributed by atoms with van der Waals surface area (Å²) in [5.41, 5.74) is 5.16. The van der Waals surface area contributed by atoms with Crippen LogP contribution in [-0.2, 0) is 9.59 Å². The first-order valence-corrected chi connectivity index (χ1v) is 4.03. The number of nitrogens with two attached hydrogens (primary N) is 1. The van der Waals surface area contributed by atoms with E-state index in [9.17, 15) is 9.59 Å². The lowest BCUT2D eigenvalue weighted by Crippen LogP contribution is -2.34. The standard InChI is InChI=1S/C5H11NO2.C3H6O2/c1-3(2)4(6)5(7)8;1-2-3(4)5/h3-4H,6H2,1-2H3,(H,7,8);2H2,1H3,(H,4,5)/t4-;/m0./s1. The summed E-state index contributed by atoms with van der Waals surface area (Å²) in [6.07, 6.45) is 0.222. The van der Waals surface area contributed by atoms with E-state index in [0.29, 0.717) is 0 Å². The van der Waals surface area contributed by atoms with E-state index in [0.717, 1.165) is 0 Å². The third-order valence-electron chi connectivity index (χ3n) is 1.31. The number of hydrogen-bond acceptors (Lipinski definition) is 3. The van der Waals surface area contributed by atoms with Crippen molar-refractivity contribution in [3.8, 4) is 0 Å². The molecule has 0 aliphatic rings. The van der Waals surface area contributed by atoms with Crippen molar-refractivity contribution in [3.63, 3.8) is 0 Å². The largest absolute Gasteiger partial charge is 0.481 e. The third kappa shape index (κ3) is 10.9. The molecule has 5 nitrogen and oxygen atoms in total. The van der Waals surface area contributed by atoms with Gasteiger partial charge in [-0.1, -0.05) is 20.8 Å². The first-order chi connectivity index (χ1) is 5.82. The van der Waals surface area contributed by atoms with Crippen LogP contribution in [-0.4, -0.2) is 28.2 Å². The quantitative estimate of drug-likeness (QED) is 0.604. The zero-order valence-corrected chi connectivity index (χ0v) is 8.15. The lowest BCUT2D eigenvalue weighted by atomic mass is 10.1. The molecule has 0 aliphatic carbocycles. The lowest BCUT2D eigenvalue weighted by molar-refractivity contribution is -0.139. The normalized spacial score (nSPS) is 11.5. The zero-order valence-electron chi connectivity index (χ0n) is 8.15. The Morgan fingerprint density at radius 3 is 1.62 bits per heavy atom. The molecule has 0 spiro atoms. The van der Waals surface area contributed by atoms with Crippen LogP contribution in [0.1, 0.15) is 27.2 Å². The van der Waals surface area contributed by atoms with Crippen molar-refractivity contribution >= 4 is 11.9 Å². The Labute approximate surface area is 77.6 Å². The average molecular weight is 191 g/mol. The summed E-state index contributed by atoms with van der Waals surface area (Å²) in [5, 5.41) is 15.9. The van der Waals surface area contributed by atoms with Gasteiger partial charge in [0.2, 0.25) is 0 Å². The van der Waals surface area contributed by atoms with Gasteiger partial charge in [-0.3, -0.25) is 9.59 Å². The van der Waals surface area contributed by atoms with Crippen molar-refractivity contribution in [2.24, 2.45) is 11.7 Å². The van der Waals surface area contributed by atoms with Crippen LogP contribution in [0.25, 0.3) is 0 Å². The fourth-order valence-corrected chi connectivity index (χ4v) is 0.285. The maximum absolute atomic E-state index is 10.0. The minimum atomic E-state index is -0.931. The fraction of sp³-hybridized carbons (Fsp3) is 0.750. The van der Waals surface area contributed by atoms with Gasteiger partial charge in [0, 0.05) is 6.42 Å². The predicted molar refractivity (Wildman–Crippen MR) is 48.4 cm³/mol. The highest BCUT2D eigenvalue weighted by Crippen LogP contribution is 1.96. The third-order valence-corrected chi connectivity index (χ3v) is 1.31. The molecule has 0 aromatic carbocycles. The smallest absolute Gasteiger partial charge is 0.320 e. The topological polar surface area (TPSA) is 101 Å². The number of carboxylic acid groups (broad SMARTS) is 2. The number of carboxylic acids is 2. The first-order valence-electron chi connectivity index (χ1n) is 4.03. The molecular weight excluding hydrogens is 174 g/mol. The number of carbonyl (C=O) groups is 2. The molecule has 0 saturated heterocycles. The van der Waals surface area contributed by atoms with Gasteiger partial charge in [0.05, 0.1) is 0 Å². The van der Waals surface area contributed by atoms with Crippen LogP contribution >= 0.6 is 0 Å². The van der Waals surface area contributed by atoms with Crippen LogP contribution < -0.4 is 5.73 Å². The Balaban J connectivity index is 0. The second kappa shape index (κ2) is 7.54. The molecule has 0 heterocycles. The Morgan fingerprint density at radius 1 is 1.31 bits per heavy atom. The number of rotatable bonds is 3. The van der Waals surface area contributed by atoms with E-state index in [2.05, 4.69) is 0 Å². The Bertz CT molecular complexity index is 168. The van der Waals surface area contributed by atoms with Gasteiger partial charge in [-0.25, -0.2) is 0 Å². The SMILES string of the molecule is CC(C)[C@H](N)C(=O)O.CCC(=O)O. The molecule has 78 valence electrons. The number of hydrogen-bond donors (Lipinski definition) is 3. The molecule has 4 N–H and O–H groups in total. The minimum Gasteiger partial charge on any atom is -0.481 e. The molecule has 0 aromatic heterocycles. The Kier molecular flexibility index (Phi) is 8.37. The lowest BCUT2D eigenvalue weighted by Gasteiger charge is -2.07. The molecule has 0 fully saturated rings. The van der Waals surface area contributed by atoms with Crippen LogP contribution in [0.3, 0.4) is 0 Å². The van der Waals surface area contributed by atoms with Gasteiger partial charge in [0.1, 0.15) is 6.04 Å². The van der Waals surface area contributed by atoms with Gasteiger partial charge in [-0.15, -0.1) is 0 Å². The van der Waals surface area contributed by atoms with Gasteiger partial charge in [-0.2, -0.15) is 0 Å². The van der Waals surface area contributed by atoms with Crippen molar-refractivity contribution in [1.82, 2.24) is 0 Å². The summed E-state index contributed by atoms with van der Waals surface area (Å²) in [6, 6.07) is -0.713. The van der Waals surface area contributed by atoms with Gasteiger partial charge in [0.15, 0.2) is 0 Å². The van der Waals surface area contributed by atoms with E-state index >= 15 is 0 Å². The summed E-state index contributed by atoms with van der Waals surface area (Å²) >= 11 is 0. The summed E-state index contributed by atoms with van der Waals surface area (Å²) in [5.74, 6) is -1.66. The van der Waals surface area contributed by atoms with Crippen molar-refractivity contribution in [2.75, 3.05) is 0 Å². The van der Waals surface area contributed by atoms with Crippen molar-refractivity contribution in [3.05, 3.63) is 0 Å². The van der Waals surface area contributed by atoms with E-state index in [1.165, 1.54) is 0 Å². The molecule has 0 unspecified atom stereocenters. The zero-order chi connectivity index (χ0) is 11.0. The Morgan fingerprint density at radius 2 is 1.62 bits per heavy atom. The molecule has 0 amide bonds. The molecular formula is C8H17NO4. The van der Waals surface area contributed by atoms with Gasteiger partial charge >= 0.3 is 11.9 Å². The molecule has 0 aliphatic heterocycles. The maximum Gasteiger partial charge on any atom is 0.320 e. The van der Waals surface area contributed by atoms with Gasteiger partial charge in [0.25, 0.3) is 0 Å². The molecule has 0 rings (SSSR count). The predicted octanol–water partition coefficient (Wildman–Crippen LogP) is 0.535. The highest BCUT2D eigenvalue weighted by Gasteiger charge is 2.14. The molecule has 5 heteroatoms. The van der Waals surface area contributed by atoms with Crippen LogP contribution in [0.15, 0.2) is 0 Å². The summed E-state index contributed by atoms with van der Waals surface area (Å²) < 4.78 is 0. The van der Waals surface area contributed by atoms with Gasteiger partial charge < -0.3 is 15.9 Å². The molecule has 0 radical (unpaired) electrons. The van der Waals surface area contributed by atoms with Crippen LogP contribution in [0.4, 0.5) is 0 Å². The Hall–Kier alpha value is -1.10. The van der Waals surface area contributed by atoms with Crippen LogP contribution in [0.2, 0.25) is 0 Å². The highest BCUT2D eigenvalue weighted by molar-refractivity contribution is 5.73. The van der Waals surface area contributed by atoms with E-state index in [-0.39, 0.29) is 12.3 Å². The second-order valence-electron chi connectivity index (χ2n) is 2.86. The maximum atomic E-state index is 10.0. The van der Waals surface area contributed by atoms with Crippen LogP contribution in [0.5, 0.6) is 0 Å². The molecule has 0 aromatic rings. The second-order valence-corrected chi connectivity index (χ2v) is 2.86. The molecule has 1 atom stereocenters. The fourth-order valence-electron chi connectivity index (χ4n) is 0.285. The summed E-state index contributed by atoms with van der Waals surface area (Å²) in [4.78, 5) is 19.4. The average Bonchev–Trinajstić information content (AvgIpc) is 2.03. The highest BCUT2D eigenvalue weighted by atomic mass is 16.4. The van der Waals surface area contributed by atoms with E-state index in [1.807, 2.05) is 0 Å². The monoisotopic (exact) mass is 191 g/mol. The molecule has 0 bridgehead atoms. The summed E-state index contributed by atoms with van der Waals surface area (Å²) in [6.45, 7) is 5.15. The number of aliphatic carboxylic acids is 2. The van der Waals surface area contributed by atoms with E-state index in [4.69, 9.17) is 15.9 Å². The van der Waals surface area contributed by atoms with Crippen molar-refractivity contribution in [1.29, 1.82) is 0 Å². The van der Waals surface area contributed by atoms with E-state index in [1.54, 1.807) is 20.8 Å². The van der Waals surface area contributed by atoms with Crippen molar-refractivity contribution < 1.29 is 19.8 Å².